The molecule has 0 aliphatic rings. The monoisotopic (exact) mass is 311 g/mol. The molecular formula is C13H13NO4S2. The molecule has 0 spiro atoms. The van der Waals surface area contributed by atoms with Crippen molar-refractivity contribution >= 4 is 45.5 Å². The lowest BCUT2D eigenvalue weighted by Gasteiger charge is -1.97. The van der Waals surface area contributed by atoms with Crippen LogP contribution in [0.4, 0.5) is 0 Å². The molecule has 2 aromatic rings. The van der Waals surface area contributed by atoms with Crippen LogP contribution >= 0.6 is 23.4 Å². The summed E-state index contributed by atoms with van der Waals surface area (Å²) in [7, 11) is 0. The zero-order valence-electron chi connectivity index (χ0n) is 10.8. The van der Waals surface area contributed by atoms with Gasteiger partial charge in [-0.1, -0.05) is 13.0 Å². The summed E-state index contributed by atoms with van der Waals surface area (Å²) < 4.78 is 6.61. The highest BCUT2D eigenvalue weighted by Crippen LogP contribution is 2.31. The lowest BCUT2D eigenvalue weighted by atomic mass is 10.2. The predicted molar refractivity (Wildman–Crippen MR) is 77.8 cm³/mol. The van der Waals surface area contributed by atoms with E-state index in [1.807, 2.05) is 12.1 Å². The van der Waals surface area contributed by atoms with E-state index < -0.39 is 11.9 Å². The first-order chi connectivity index (χ1) is 9.58. The van der Waals surface area contributed by atoms with Crippen molar-refractivity contribution < 1.29 is 18.9 Å². The molecule has 5 nitrogen and oxygen atoms in total. The number of fused-ring (bicyclic) bond motifs is 1. The van der Waals surface area contributed by atoms with Crippen molar-refractivity contribution in [3.05, 3.63) is 23.8 Å². The number of benzene rings is 1. The number of aromatic nitrogens is 1. The Morgan fingerprint density at radius 1 is 1.40 bits per heavy atom. The van der Waals surface area contributed by atoms with Crippen molar-refractivity contribution in [1.82, 2.24) is 4.98 Å². The Bertz CT molecular complexity index is 638. The normalized spacial score (nSPS) is 10.7. The van der Waals surface area contributed by atoms with Gasteiger partial charge in [-0.2, -0.15) is 0 Å². The van der Waals surface area contributed by atoms with E-state index in [4.69, 9.17) is 9.29 Å². The second-order valence-electron chi connectivity index (χ2n) is 4.07. The Kier molecular flexibility index (Phi) is 4.97. The Morgan fingerprint density at radius 2 is 2.20 bits per heavy atom. The smallest absolute Gasteiger partial charge is 0.318 e. The van der Waals surface area contributed by atoms with E-state index in [0.29, 0.717) is 4.34 Å². The Balaban J connectivity index is 1.96. The number of aliphatic carboxylic acids is 1. The molecule has 0 fully saturated rings. The molecule has 1 aromatic carbocycles. The van der Waals surface area contributed by atoms with Crippen LogP contribution in [0.1, 0.15) is 25.3 Å². The molecule has 0 atom stereocenters. The third-order valence-electron chi connectivity index (χ3n) is 2.59. The minimum absolute atomic E-state index is 0.132. The Labute approximate surface area is 124 Å². The molecule has 7 heteroatoms. The van der Waals surface area contributed by atoms with Gasteiger partial charge >= 0.3 is 11.9 Å². The van der Waals surface area contributed by atoms with Crippen LogP contribution in [0.15, 0.2) is 22.5 Å². The van der Waals surface area contributed by atoms with Gasteiger partial charge in [-0.25, -0.2) is 4.98 Å². The fourth-order valence-electron chi connectivity index (χ4n) is 1.54. The highest BCUT2D eigenvalue weighted by molar-refractivity contribution is 7.97. The van der Waals surface area contributed by atoms with Gasteiger partial charge in [-0.05, 0) is 24.1 Å². The van der Waals surface area contributed by atoms with Crippen LogP contribution in [0.2, 0.25) is 0 Å². The van der Waals surface area contributed by atoms with Crippen LogP contribution in [0.25, 0.3) is 10.2 Å². The first-order valence-corrected chi connectivity index (χ1v) is 7.63. The van der Waals surface area contributed by atoms with Gasteiger partial charge in [0, 0.05) is 0 Å². The highest BCUT2D eigenvalue weighted by Gasteiger charge is 2.11. The van der Waals surface area contributed by atoms with Crippen molar-refractivity contribution in [2.24, 2.45) is 0 Å². The first kappa shape index (κ1) is 14.8. The number of thiazole rings is 1. The fourth-order valence-corrected chi connectivity index (χ4v) is 3.19. The average molecular weight is 311 g/mol. The minimum atomic E-state index is -1.01. The predicted octanol–water partition coefficient (Wildman–Crippen LogP) is 3.27. The number of aryl methyl sites for hydroxylation is 1. The van der Waals surface area contributed by atoms with Crippen molar-refractivity contribution in [2.75, 3.05) is 0 Å². The van der Waals surface area contributed by atoms with Crippen LogP contribution in [0.5, 0.6) is 0 Å². The molecule has 1 heterocycles. The lowest BCUT2D eigenvalue weighted by molar-refractivity contribution is -0.141. The van der Waals surface area contributed by atoms with Crippen LogP contribution in [0, 0.1) is 0 Å². The van der Waals surface area contributed by atoms with Crippen molar-refractivity contribution in [3.8, 4) is 0 Å². The molecule has 1 aromatic heterocycles. The summed E-state index contributed by atoms with van der Waals surface area (Å²) in [6.07, 6.45) is 0.604. The molecule has 106 valence electrons. The van der Waals surface area contributed by atoms with Gasteiger partial charge in [0.2, 0.25) is 0 Å². The second kappa shape index (κ2) is 6.71. The van der Waals surface area contributed by atoms with Gasteiger partial charge < -0.3 is 9.29 Å². The maximum absolute atomic E-state index is 11.3. The molecule has 0 saturated carbocycles. The standard InChI is InChI=1S/C13H13NO4S2/c1-2-8-3-4-9-10(7-8)19-13(14-9)20-18-12(17)6-5-11(15)16/h3-4,7H,2,5-6H2,1H3,(H,15,16). The fraction of sp³-hybridized carbons (Fsp3) is 0.308. The lowest BCUT2D eigenvalue weighted by Crippen LogP contribution is -2.03. The van der Waals surface area contributed by atoms with E-state index in [1.54, 1.807) is 0 Å². The van der Waals surface area contributed by atoms with E-state index in [1.165, 1.54) is 16.9 Å². The summed E-state index contributed by atoms with van der Waals surface area (Å²) in [6.45, 7) is 2.09. The number of carboxylic acid groups (broad SMARTS) is 1. The van der Waals surface area contributed by atoms with Crippen molar-refractivity contribution in [3.63, 3.8) is 0 Å². The number of nitrogens with zero attached hydrogens (tertiary/aromatic N) is 1. The summed E-state index contributed by atoms with van der Waals surface area (Å²) in [5, 5.41) is 8.47. The largest absolute Gasteiger partial charge is 0.481 e. The van der Waals surface area contributed by atoms with Gasteiger partial charge in [0.15, 0.2) is 4.34 Å². The van der Waals surface area contributed by atoms with E-state index in [2.05, 4.69) is 18.0 Å². The molecule has 1 N–H and O–H groups in total. The van der Waals surface area contributed by atoms with E-state index in [0.717, 1.165) is 28.7 Å². The Hall–Kier alpha value is -1.60. The number of carbonyl (C=O) groups excluding carboxylic acids is 1. The number of hydrogen-bond donors (Lipinski definition) is 1. The highest BCUT2D eigenvalue weighted by atomic mass is 32.2. The van der Waals surface area contributed by atoms with Gasteiger partial charge in [-0.3, -0.25) is 9.59 Å². The second-order valence-corrected chi connectivity index (χ2v) is 6.08. The maximum atomic E-state index is 11.3. The molecular weight excluding hydrogens is 298 g/mol. The quantitative estimate of drug-likeness (QED) is 0.825. The maximum Gasteiger partial charge on any atom is 0.318 e. The van der Waals surface area contributed by atoms with Crippen molar-refractivity contribution in [2.45, 2.75) is 30.5 Å². The van der Waals surface area contributed by atoms with Crippen LogP contribution in [-0.2, 0) is 20.2 Å². The number of carbonyl (C=O) groups is 2. The van der Waals surface area contributed by atoms with Crippen LogP contribution in [0.3, 0.4) is 0 Å². The molecule has 0 amide bonds. The zero-order valence-corrected chi connectivity index (χ0v) is 12.4. The summed E-state index contributed by atoms with van der Waals surface area (Å²) in [4.78, 5) is 26.0. The number of rotatable bonds is 6. The van der Waals surface area contributed by atoms with Crippen molar-refractivity contribution in [1.29, 1.82) is 0 Å². The number of carboxylic acids is 1. The molecule has 0 aliphatic heterocycles. The molecule has 0 radical (unpaired) electrons. The Morgan fingerprint density at radius 3 is 2.90 bits per heavy atom. The summed E-state index contributed by atoms with van der Waals surface area (Å²) >= 11 is 2.34. The third-order valence-corrected chi connectivity index (χ3v) is 4.36. The van der Waals surface area contributed by atoms with Gasteiger partial charge in [0.1, 0.15) is 12.0 Å². The molecule has 0 aliphatic carbocycles. The van der Waals surface area contributed by atoms with Gasteiger partial charge in [-0.15, -0.1) is 11.3 Å². The van der Waals surface area contributed by atoms with Crippen LogP contribution in [-0.4, -0.2) is 22.0 Å². The topological polar surface area (TPSA) is 76.5 Å². The van der Waals surface area contributed by atoms with Gasteiger partial charge in [0.05, 0.1) is 23.1 Å². The summed E-state index contributed by atoms with van der Waals surface area (Å²) in [5.74, 6) is -1.56. The minimum Gasteiger partial charge on any atom is -0.481 e. The van der Waals surface area contributed by atoms with E-state index >= 15 is 0 Å². The SMILES string of the molecule is CCc1ccc2nc(SOC(=O)CCC(=O)O)sc2c1. The molecule has 0 saturated heterocycles. The molecule has 0 unspecified atom stereocenters. The van der Waals surface area contributed by atoms with E-state index in [9.17, 15) is 9.59 Å². The van der Waals surface area contributed by atoms with Gasteiger partial charge in [0.25, 0.3) is 0 Å². The van der Waals surface area contributed by atoms with Crippen LogP contribution < -0.4 is 0 Å². The molecule has 0 bridgehead atoms. The number of hydrogen-bond acceptors (Lipinski definition) is 6. The summed E-state index contributed by atoms with van der Waals surface area (Å²) in [6, 6.07) is 6.04. The first-order valence-electron chi connectivity index (χ1n) is 6.07. The third kappa shape index (κ3) is 3.94. The molecule has 2 rings (SSSR count). The average Bonchev–Trinajstić information content (AvgIpc) is 2.84. The zero-order chi connectivity index (χ0) is 14.5. The summed E-state index contributed by atoms with van der Waals surface area (Å²) in [5.41, 5.74) is 2.10. The van der Waals surface area contributed by atoms with E-state index in [-0.39, 0.29) is 12.8 Å². The molecule has 20 heavy (non-hydrogen) atoms.